The summed E-state index contributed by atoms with van der Waals surface area (Å²) in [4.78, 5) is 32.1. The van der Waals surface area contributed by atoms with Crippen molar-refractivity contribution < 1.29 is 23.8 Å². The Morgan fingerprint density at radius 2 is 1.89 bits per heavy atom. The van der Waals surface area contributed by atoms with Gasteiger partial charge in [0.1, 0.15) is 5.00 Å². The molecule has 0 atom stereocenters. The van der Waals surface area contributed by atoms with Crippen LogP contribution in [0.5, 0.6) is 11.5 Å². The molecule has 3 heterocycles. The molecule has 1 amide bonds. The first-order valence-electron chi connectivity index (χ1n) is 11.4. The minimum absolute atomic E-state index is 0.181. The molecule has 2 aromatic carbocycles. The summed E-state index contributed by atoms with van der Waals surface area (Å²) in [7, 11) is 0. The van der Waals surface area contributed by atoms with Gasteiger partial charge in [0, 0.05) is 15.8 Å². The summed E-state index contributed by atoms with van der Waals surface area (Å²) in [5, 5.41) is 4.19. The zero-order valence-electron chi connectivity index (χ0n) is 19.6. The molecule has 4 aromatic rings. The number of aromatic nitrogens is 1. The number of esters is 1. The lowest BCUT2D eigenvalue weighted by Crippen LogP contribution is -2.16. The number of pyridine rings is 1. The van der Waals surface area contributed by atoms with Gasteiger partial charge in [-0.3, -0.25) is 4.79 Å². The number of benzene rings is 2. The maximum Gasteiger partial charge on any atom is 0.341 e. The molecule has 35 heavy (non-hydrogen) atoms. The van der Waals surface area contributed by atoms with Crippen molar-refractivity contribution in [3.05, 3.63) is 70.1 Å². The molecule has 0 radical (unpaired) electrons. The molecule has 0 spiro atoms. The maximum absolute atomic E-state index is 13.6. The zero-order chi connectivity index (χ0) is 24.5. The summed E-state index contributed by atoms with van der Waals surface area (Å²) < 4.78 is 16.2. The van der Waals surface area contributed by atoms with E-state index in [0.29, 0.717) is 45.3 Å². The Labute approximate surface area is 206 Å². The summed E-state index contributed by atoms with van der Waals surface area (Å²) in [5.41, 5.74) is 3.91. The average molecular weight is 489 g/mol. The number of thiophene rings is 1. The molecule has 0 saturated heterocycles. The van der Waals surface area contributed by atoms with Gasteiger partial charge in [0.05, 0.1) is 28.9 Å². The molecule has 2 aromatic heterocycles. The number of nitrogens with zero attached hydrogens (tertiary/aromatic N) is 1. The fourth-order valence-electron chi connectivity index (χ4n) is 4.25. The maximum atomic E-state index is 13.6. The summed E-state index contributed by atoms with van der Waals surface area (Å²) in [6.45, 7) is 6.14. The number of para-hydroxylation sites is 1. The summed E-state index contributed by atoms with van der Waals surface area (Å²) in [6.07, 6.45) is 0.665. The highest BCUT2D eigenvalue weighted by atomic mass is 32.1. The van der Waals surface area contributed by atoms with Crippen molar-refractivity contribution in [2.24, 2.45) is 0 Å². The van der Waals surface area contributed by atoms with Gasteiger partial charge < -0.3 is 19.5 Å². The minimum atomic E-state index is -0.426. The Bertz CT molecular complexity index is 1460. The summed E-state index contributed by atoms with van der Waals surface area (Å²) >= 11 is 1.38. The first-order chi connectivity index (χ1) is 17.0. The van der Waals surface area contributed by atoms with Crippen LogP contribution in [-0.2, 0) is 11.2 Å². The van der Waals surface area contributed by atoms with E-state index in [9.17, 15) is 9.59 Å². The van der Waals surface area contributed by atoms with E-state index in [-0.39, 0.29) is 19.3 Å². The highest BCUT2D eigenvalue weighted by molar-refractivity contribution is 7.16. The van der Waals surface area contributed by atoms with Gasteiger partial charge in [-0.15, -0.1) is 11.3 Å². The van der Waals surface area contributed by atoms with Crippen LogP contribution in [0.3, 0.4) is 0 Å². The molecule has 8 heteroatoms. The number of aryl methyl sites for hydroxylation is 1. The molecule has 0 aliphatic carbocycles. The van der Waals surface area contributed by atoms with Crippen LogP contribution in [0.15, 0.2) is 48.5 Å². The van der Waals surface area contributed by atoms with Gasteiger partial charge in [-0.1, -0.05) is 25.1 Å². The Hall–Kier alpha value is -3.91. The smallest absolute Gasteiger partial charge is 0.341 e. The topological polar surface area (TPSA) is 86.8 Å². The van der Waals surface area contributed by atoms with Gasteiger partial charge in [0.25, 0.3) is 5.91 Å². The predicted octanol–water partition coefficient (Wildman–Crippen LogP) is 5.99. The fourth-order valence-corrected chi connectivity index (χ4v) is 5.38. The molecule has 0 fully saturated rings. The number of ether oxygens (including phenoxy) is 3. The largest absolute Gasteiger partial charge is 0.462 e. The van der Waals surface area contributed by atoms with Crippen LogP contribution in [-0.4, -0.2) is 30.3 Å². The van der Waals surface area contributed by atoms with Crippen LogP contribution in [0.2, 0.25) is 0 Å². The van der Waals surface area contributed by atoms with Crippen LogP contribution < -0.4 is 14.8 Å². The minimum Gasteiger partial charge on any atom is -0.462 e. The van der Waals surface area contributed by atoms with E-state index in [1.807, 2.05) is 56.3 Å². The first kappa shape index (κ1) is 22.9. The lowest BCUT2D eigenvalue weighted by Gasteiger charge is -2.12. The van der Waals surface area contributed by atoms with Crippen molar-refractivity contribution in [3.8, 4) is 22.8 Å². The molecule has 1 N–H and O–H groups in total. The molecular weight excluding hydrogens is 464 g/mol. The standard InChI is InChI=1S/C27H24N2O5S/c1-4-17-15(3)35-26(24(17)27(31)32-5-2)29-25(30)19-13-21(28-20-9-7-6-8-18(19)20)16-10-11-22-23(12-16)34-14-33-22/h6-13H,4-5,14H2,1-3H3,(H,29,30). The lowest BCUT2D eigenvalue weighted by atomic mass is 10.0. The molecule has 0 unspecified atom stereocenters. The van der Waals surface area contributed by atoms with Crippen molar-refractivity contribution in [3.63, 3.8) is 0 Å². The Morgan fingerprint density at radius 1 is 1.09 bits per heavy atom. The Balaban J connectivity index is 1.57. The van der Waals surface area contributed by atoms with Crippen molar-refractivity contribution in [1.82, 2.24) is 4.98 Å². The molecule has 7 nitrogen and oxygen atoms in total. The Morgan fingerprint density at radius 3 is 2.69 bits per heavy atom. The number of carbonyl (C=O) groups excluding carboxylic acids is 2. The van der Waals surface area contributed by atoms with Crippen LogP contribution in [0.4, 0.5) is 5.00 Å². The van der Waals surface area contributed by atoms with Gasteiger partial charge in [0.15, 0.2) is 11.5 Å². The fraction of sp³-hybridized carbons (Fsp3) is 0.222. The van der Waals surface area contributed by atoms with E-state index in [4.69, 9.17) is 19.2 Å². The first-order valence-corrected chi connectivity index (χ1v) is 12.2. The van der Waals surface area contributed by atoms with Gasteiger partial charge in [-0.25, -0.2) is 9.78 Å². The molecular formula is C27H24N2O5S. The van der Waals surface area contributed by atoms with Gasteiger partial charge in [0.2, 0.25) is 6.79 Å². The number of amides is 1. The van der Waals surface area contributed by atoms with Gasteiger partial charge in [-0.05, 0) is 56.2 Å². The number of hydrogen-bond donors (Lipinski definition) is 1. The number of nitrogens with one attached hydrogen (secondary N) is 1. The average Bonchev–Trinajstić information content (AvgIpc) is 3.46. The van der Waals surface area contributed by atoms with E-state index < -0.39 is 5.97 Å². The number of carbonyl (C=O) groups is 2. The van der Waals surface area contributed by atoms with E-state index in [2.05, 4.69) is 5.32 Å². The molecule has 0 saturated carbocycles. The van der Waals surface area contributed by atoms with Gasteiger partial charge in [-0.2, -0.15) is 0 Å². The van der Waals surface area contributed by atoms with Crippen LogP contribution in [0, 0.1) is 6.92 Å². The highest BCUT2D eigenvalue weighted by Gasteiger charge is 2.25. The third-order valence-electron chi connectivity index (χ3n) is 5.90. The quantitative estimate of drug-likeness (QED) is 0.336. The number of fused-ring (bicyclic) bond motifs is 2. The number of hydrogen-bond acceptors (Lipinski definition) is 7. The second kappa shape index (κ2) is 9.38. The van der Waals surface area contributed by atoms with Crippen molar-refractivity contribution in [2.75, 3.05) is 18.7 Å². The SMILES string of the molecule is CCOC(=O)c1c(NC(=O)c2cc(-c3ccc4c(c3)OCO4)nc3ccccc23)sc(C)c1CC. The van der Waals surface area contributed by atoms with Crippen molar-refractivity contribution in [1.29, 1.82) is 0 Å². The molecule has 5 rings (SSSR count). The highest BCUT2D eigenvalue weighted by Crippen LogP contribution is 2.37. The lowest BCUT2D eigenvalue weighted by molar-refractivity contribution is 0.0527. The third-order valence-corrected chi connectivity index (χ3v) is 6.96. The normalized spacial score (nSPS) is 12.1. The van der Waals surface area contributed by atoms with Crippen molar-refractivity contribution >= 4 is 39.1 Å². The number of anilines is 1. The number of rotatable bonds is 6. The third kappa shape index (κ3) is 4.21. The Kier molecular flexibility index (Phi) is 6.13. The second-order valence-corrected chi connectivity index (χ2v) is 9.23. The van der Waals surface area contributed by atoms with Crippen molar-refractivity contribution in [2.45, 2.75) is 27.2 Å². The molecule has 0 bridgehead atoms. The van der Waals surface area contributed by atoms with E-state index >= 15 is 0 Å². The van der Waals surface area contributed by atoms with E-state index in [1.165, 1.54) is 11.3 Å². The predicted molar refractivity (Wildman–Crippen MR) is 136 cm³/mol. The molecule has 1 aliphatic rings. The van der Waals surface area contributed by atoms with Crippen LogP contribution in [0.25, 0.3) is 22.2 Å². The second-order valence-electron chi connectivity index (χ2n) is 8.01. The van der Waals surface area contributed by atoms with E-state index in [0.717, 1.165) is 21.4 Å². The van der Waals surface area contributed by atoms with Crippen LogP contribution in [0.1, 0.15) is 45.0 Å². The van der Waals surface area contributed by atoms with E-state index in [1.54, 1.807) is 13.0 Å². The summed E-state index contributed by atoms with van der Waals surface area (Å²) in [5.74, 6) is 0.576. The van der Waals surface area contributed by atoms with Crippen LogP contribution >= 0.6 is 11.3 Å². The summed E-state index contributed by atoms with van der Waals surface area (Å²) in [6, 6.07) is 14.8. The molecule has 178 valence electrons. The van der Waals surface area contributed by atoms with Gasteiger partial charge >= 0.3 is 5.97 Å². The molecule has 1 aliphatic heterocycles. The monoisotopic (exact) mass is 488 g/mol. The zero-order valence-corrected chi connectivity index (χ0v) is 20.5.